The van der Waals surface area contributed by atoms with Crippen molar-refractivity contribution in [3.8, 4) is 0 Å². The molecule has 0 aromatic heterocycles. The van der Waals surface area contributed by atoms with Crippen molar-refractivity contribution < 1.29 is 4.74 Å². The highest BCUT2D eigenvalue weighted by Crippen LogP contribution is 2.22. The van der Waals surface area contributed by atoms with Crippen LogP contribution in [0.25, 0.3) is 0 Å². The summed E-state index contributed by atoms with van der Waals surface area (Å²) in [4.78, 5) is 2.59. The van der Waals surface area contributed by atoms with Gasteiger partial charge in [0.15, 0.2) is 0 Å². The van der Waals surface area contributed by atoms with Gasteiger partial charge in [0.1, 0.15) is 0 Å². The zero-order chi connectivity index (χ0) is 12.2. The average molecular weight is 252 g/mol. The van der Waals surface area contributed by atoms with Gasteiger partial charge >= 0.3 is 0 Å². The third-order valence-corrected chi connectivity index (χ3v) is 4.71. The molecule has 1 saturated heterocycles. The maximum Gasteiger partial charge on any atom is 0.0597 e. The summed E-state index contributed by atoms with van der Waals surface area (Å²) in [6, 6.07) is 0.866. The molecule has 3 nitrogen and oxygen atoms in total. The molecule has 0 bridgehead atoms. The molecule has 0 aromatic carbocycles. The molecular weight excluding hydrogens is 224 g/mol. The van der Waals surface area contributed by atoms with Crippen molar-refractivity contribution in [2.45, 2.75) is 57.1 Å². The van der Waals surface area contributed by atoms with Crippen molar-refractivity contribution in [2.75, 3.05) is 32.8 Å². The van der Waals surface area contributed by atoms with Crippen molar-refractivity contribution >= 4 is 0 Å². The van der Waals surface area contributed by atoms with Gasteiger partial charge in [-0.15, -0.1) is 0 Å². The van der Waals surface area contributed by atoms with Crippen LogP contribution < -0.4 is 5.32 Å². The highest BCUT2D eigenvalue weighted by atomic mass is 16.5. The van der Waals surface area contributed by atoms with Crippen LogP contribution in [-0.4, -0.2) is 49.8 Å². The molecule has 3 heteroatoms. The van der Waals surface area contributed by atoms with E-state index in [0.29, 0.717) is 6.10 Å². The lowest BCUT2D eigenvalue weighted by Gasteiger charge is -2.18. The summed E-state index contributed by atoms with van der Waals surface area (Å²) in [5.74, 6) is 0.886. The first-order chi connectivity index (χ1) is 8.90. The van der Waals surface area contributed by atoms with Gasteiger partial charge in [-0.05, 0) is 51.1 Å². The van der Waals surface area contributed by atoms with Crippen molar-refractivity contribution in [3.05, 3.63) is 0 Å². The second-order valence-electron chi connectivity index (χ2n) is 6.42. The Morgan fingerprint density at radius 1 is 1.06 bits per heavy atom. The molecule has 0 radical (unpaired) electrons. The maximum atomic E-state index is 5.95. The molecule has 1 N–H and O–H groups in total. The third kappa shape index (κ3) is 3.94. The second kappa shape index (κ2) is 6.36. The van der Waals surface area contributed by atoms with E-state index >= 15 is 0 Å². The monoisotopic (exact) mass is 252 g/mol. The van der Waals surface area contributed by atoms with Gasteiger partial charge in [0.05, 0.1) is 12.7 Å². The van der Waals surface area contributed by atoms with Gasteiger partial charge in [0.25, 0.3) is 0 Å². The van der Waals surface area contributed by atoms with Crippen LogP contribution in [0, 0.1) is 5.92 Å². The zero-order valence-electron chi connectivity index (χ0n) is 11.6. The Balaban J connectivity index is 1.24. The minimum Gasteiger partial charge on any atom is -0.377 e. The molecule has 0 spiro atoms. The lowest BCUT2D eigenvalue weighted by Crippen LogP contribution is -2.30. The second-order valence-corrected chi connectivity index (χ2v) is 6.42. The van der Waals surface area contributed by atoms with E-state index in [4.69, 9.17) is 4.74 Å². The predicted octanol–water partition coefficient (Wildman–Crippen LogP) is 2.02. The summed E-state index contributed by atoms with van der Waals surface area (Å²) in [6.07, 6.45) is 10.1. The number of rotatable bonds is 7. The Bertz CT molecular complexity index is 249. The lowest BCUT2D eigenvalue weighted by molar-refractivity contribution is 0.0450. The molecular formula is C15H28N2O. The number of hydrogen-bond donors (Lipinski definition) is 1. The Hall–Kier alpha value is -0.120. The van der Waals surface area contributed by atoms with E-state index in [-0.39, 0.29) is 0 Å². The normalized spacial score (nSPS) is 30.3. The molecule has 0 aromatic rings. The molecule has 2 aliphatic carbocycles. The van der Waals surface area contributed by atoms with Gasteiger partial charge in [-0.2, -0.15) is 0 Å². The van der Waals surface area contributed by atoms with Crippen LogP contribution in [-0.2, 0) is 4.74 Å². The summed E-state index contributed by atoms with van der Waals surface area (Å²) in [6.45, 7) is 5.91. The third-order valence-electron chi connectivity index (χ3n) is 4.71. The summed E-state index contributed by atoms with van der Waals surface area (Å²) in [7, 11) is 0. The van der Waals surface area contributed by atoms with Crippen LogP contribution in [0.4, 0.5) is 0 Å². The molecule has 104 valence electrons. The first-order valence-electron chi connectivity index (χ1n) is 7.97. The molecule has 18 heavy (non-hydrogen) atoms. The number of ether oxygens (including phenoxy) is 1. The maximum absolute atomic E-state index is 5.95. The topological polar surface area (TPSA) is 24.5 Å². The SMILES string of the molecule is C1CCC(OCCN2CCC(CNC3CC3)C2)C1. The molecule has 1 heterocycles. The lowest BCUT2D eigenvalue weighted by atomic mass is 10.1. The van der Waals surface area contributed by atoms with E-state index in [1.54, 1.807) is 0 Å². The van der Waals surface area contributed by atoms with Crippen LogP contribution in [0.1, 0.15) is 44.9 Å². The van der Waals surface area contributed by atoms with Crippen LogP contribution in [0.15, 0.2) is 0 Å². The first-order valence-corrected chi connectivity index (χ1v) is 7.97. The minimum atomic E-state index is 0.583. The minimum absolute atomic E-state index is 0.583. The Kier molecular flexibility index (Phi) is 4.55. The van der Waals surface area contributed by atoms with Crippen LogP contribution in [0.3, 0.4) is 0 Å². The Morgan fingerprint density at radius 3 is 2.67 bits per heavy atom. The summed E-state index contributed by atoms with van der Waals surface area (Å²) in [5, 5.41) is 3.66. The van der Waals surface area contributed by atoms with E-state index in [0.717, 1.165) is 25.1 Å². The van der Waals surface area contributed by atoms with E-state index < -0.39 is 0 Å². The highest BCUT2D eigenvalue weighted by molar-refractivity contribution is 4.84. The van der Waals surface area contributed by atoms with Gasteiger partial charge in [-0.1, -0.05) is 12.8 Å². The molecule has 3 rings (SSSR count). The van der Waals surface area contributed by atoms with E-state index in [1.165, 1.54) is 64.6 Å². The smallest absolute Gasteiger partial charge is 0.0597 e. The summed E-state index contributed by atoms with van der Waals surface area (Å²) < 4.78 is 5.95. The molecule has 3 aliphatic rings. The average Bonchev–Trinajstić information content (AvgIpc) is 2.89. The van der Waals surface area contributed by atoms with Crippen LogP contribution in [0.5, 0.6) is 0 Å². The van der Waals surface area contributed by atoms with Gasteiger partial charge in [-0.3, -0.25) is 0 Å². The molecule has 1 aliphatic heterocycles. The van der Waals surface area contributed by atoms with E-state index in [1.807, 2.05) is 0 Å². The number of nitrogens with zero attached hydrogens (tertiary/aromatic N) is 1. The van der Waals surface area contributed by atoms with Crippen molar-refractivity contribution in [3.63, 3.8) is 0 Å². The Morgan fingerprint density at radius 2 is 1.89 bits per heavy atom. The summed E-state index contributed by atoms with van der Waals surface area (Å²) in [5.41, 5.74) is 0. The van der Waals surface area contributed by atoms with Gasteiger partial charge in [-0.25, -0.2) is 0 Å². The van der Waals surface area contributed by atoms with Gasteiger partial charge in [0.2, 0.25) is 0 Å². The van der Waals surface area contributed by atoms with Crippen LogP contribution >= 0.6 is 0 Å². The molecule has 2 saturated carbocycles. The summed E-state index contributed by atoms with van der Waals surface area (Å²) >= 11 is 0. The van der Waals surface area contributed by atoms with Crippen molar-refractivity contribution in [1.82, 2.24) is 10.2 Å². The predicted molar refractivity (Wildman–Crippen MR) is 73.8 cm³/mol. The molecule has 0 amide bonds. The molecule has 3 fully saturated rings. The number of nitrogens with one attached hydrogen (secondary N) is 1. The largest absolute Gasteiger partial charge is 0.377 e. The standard InChI is InChI=1S/C15H28N2O/c1-2-4-15(3-1)18-10-9-17-8-7-13(12-17)11-16-14-5-6-14/h13-16H,1-12H2. The number of likely N-dealkylation sites (tertiary alicyclic amines) is 1. The zero-order valence-corrected chi connectivity index (χ0v) is 11.6. The fraction of sp³-hybridized carbons (Fsp3) is 1.00. The molecule has 1 unspecified atom stereocenters. The van der Waals surface area contributed by atoms with E-state index in [2.05, 4.69) is 10.2 Å². The van der Waals surface area contributed by atoms with Gasteiger partial charge < -0.3 is 15.0 Å². The van der Waals surface area contributed by atoms with Crippen molar-refractivity contribution in [1.29, 1.82) is 0 Å². The van der Waals surface area contributed by atoms with Crippen LogP contribution in [0.2, 0.25) is 0 Å². The Labute approximate surface area is 111 Å². The van der Waals surface area contributed by atoms with E-state index in [9.17, 15) is 0 Å². The molecule has 1 atom stereocenters. The van der Waals surface area contributed by atoms with Crippen molar-refractivity contribution in [2.24, 2.45) is 5.92 Å². The fourth-order valence-corrected chi connectivity index (χ4v) is 3.31. The van der Waals surface area contributed by atoms with Gasteiger partial charge in [0, 0.05) is 19.1 Å². The highest BCUT2D eigenvalue weighted by Gasteiger charge is 2.26. The first kappa shape index (κ1) is 12.9. The number of hydrogen-bond acceptors (Lipinski definition) is 3. The quantitative estimate of drug-likeness (QED) is 0.750. The fourth-order valence-electron chi connectivity index (χ4n) is 3.31.